The maximum Gasteiger partial charge on any atom is 0.240 e. The van der Waals surface area contributed by atoms with Crippen molar-refractivity contribution in [2.24, 2.45) is 20.0 Å². The van der Waals surface area contributed by atoms with Crippen molar-refractivity contribution < 1.29 is 19.2 Å². The van der Waals surface area contributed by atoms with Gasteiger partial charge in [-0.05, 0) is 53.3 Å². The number of hydrogen-bond donors (Lipinski definition) is 0. The van der Waals surface area contributed by atoms with Gasteiger partial charge in [0.2, 0.25) is 24.3 Å². The van der Waals surface area contributed by atoms with Crippen molar-refractivity contribution in [2.45, 2.75) is 19.8 Å². The van der Waals surface area contributed by atoms with Crippen LogP contribution in [0.2, 0.25) is 0 Å². The first-order valence-electron chi connectivity index (χ1n) is 9.75. The van der Waals surface area contributed by atoms with Gasteiger partial charge in [0, 0.05) is 6.42 Å². The first-order chi connectivity index (χ1) is 16.1. The zero-order valence-corrected chi connectivity index (χ0v) is 17.5. The smallest absolute Gasteiger partial charge is 0.211 e. The Balaban J connectivity index is 2.12. The van der Waals surface area contributed by atoms with Crippen LogP contribution in [0.3, 0.4) is 0 Å². The van der Waals surface area contributed by atoms with E-state index in [4.69, 9.17) is 0 Å². The molecule has 3 aromatic carbocycles. The number of aliphatic imine (C=N–C) groups is 4. The monoisotopic (exact) mass is 436 g/mol. The van der Waals surface area contributed by atoms with Crippen LogP contribution >= 0.6 is 0 Å². The van der Waals surface area contributed by atoms with Gasteiger partial charge in [0.1, 0.15) is 22.7 Å². The van der Waals surface area contributed by atoms with Gasteiger partial charge in [-0.15, -0.1) is 0 Å². The number of nitrogens with zero attached hydrogens (tertiary/aromatic N) is 4. The fraction of sp³-hybridized carbons (Fsp3) is 0.120. The molecule has 0 heterocycles. The Morgan fingerprint density at radius 1 is 0.576 bits per heavy atom. The summed E-state index contributed by atoms with van der Waals surface area (Å²) in [5.74, 6) is 0. The van der Waals surface area contributed by atoms with Gasteiger partial charge in [-0.2, -0.15) is 20.0 Å². The molecule has 0 aliphatic carbocycles. The molecule has 0 aliphatic heterocycles. The minimum absolute atomic E-state index is 0.224. The molecule has 0 unspecified atom stereocenters. The van der Waals surface area contributed by atoms with E-state index in [1.165, 1.54) is 24.3 Å². The van der Waals surface area contributed by atoms with Crippen molar-refractivity contribution in [1.82, 2.24) is 0 Å². The standard InChI is InChI=1S/C25H16N4O4/c1-17-5-2-6-18(11-19-7-3-9-22(26-13-30)24(19)28-15-32)21(17)12-20-8-4-10-23(27-14-31)25(20)29-16-33/h2-10H,11-12H2,1H3. The maximum absolute atomic E-state index is 11.0. The summed E-state index contributed by atoms with van der Waals surface area (Å²) in [6.45, 7) is 1.95. The number of isocyanates is 4. The topological polar surface area (TPSA) is 118 Å². The second-order valence-electron chi connectivity index (χ2n) is 6.95. The molecule has 3 rings (SSSR count). The predicted molar refractivity (Wildman–Crippen MR) is 121 cm³/mol. The summed E-state index contributed by atoms with van der Waals surface area (Å²) < 4.78 is 0. The maximum atomic E-state index is 11.0. The SMILES string of the molecule is Cc1cccc(Cc2cccc(N=C=O)c2N=C=O)c1Cc1cccc(N=C=O)c1N=C=O. The Labute approximate surface area is 188 Å². The fourth-order valence-corrected chi connectivity index (χ4v) is 3.65. The van der Waals surface area contributed by atoms with Crippen molar-refractivity contribution in [3.63, 3.8) is 0 Å². The third kappa shape index (κ3) is 5.27. The van der Waals surface area contributed by atoms with Gasteiger partial charge in [0.25, 0.3) is 0 Å². The zero-order chi connectivity index (χ0) is 23.6. The van der Waals surface area contributed by atoms with Gasteiger partial charge < -0.3 is 0 Å². The summed E-state index contributed by atoms with van der Waals surface area (Å²) >= 11 is 0. The molecule has 33 heavy (non-hydrogen) atoms. The normalized spacial score (nSPS) is 9.61. The molecule has 0 aliphatic rings. The van der Waals surface area contributed by atoms with Crippen molar-refractivity contribution in [3.8, 4) is 0 Å². The summed E-state index contributed by atoms with van der Waals surface area (Å²) in [4.78, 5) is 58.2. The molecule has 0 spiro atoms. The van der Waals surface area contributed by atoms with Gasteiger partial charge in [-0.3, -0.25) is 0 Å². The van der Waals surface area contributed by atoms with Crippen molar-refractivity contribution >= 4 is 47.1 Å². The molecular weight excluding hydrogens is 420 g/mol. The number of para-hydroxylation sites is 2. The highest BCUT2D eigenvalue weighted by molar-refractivity contribution is 5.73. The lowest BCUT2D eigenvalue weighted by Crippen LogP contribution is -2.01. The van der Waals surface area contributed by atoms with Crippen LogP contribution in [-0.2, 0) is 32.0 Å². The largest absolute Gasteiger partial charge is 0.240 e. The quantitative estimate of drug-likeness (QED) is 0.363. The van der Waals surface area contributed by atoms with Crippen LogP contribution in [0.25, 0.3) is 0 Å². The molecule has 0 saturated carbocycles. The van der Waals surface area contributed by atoms with Crippen LogP contribution in [0.15, 0.2) is 74.6 Å². The fourth-order valence-electron chi connectivity index (χ4n) is 3.65. The molecule has 8 heteroatoms. The highest BCUT2D eigenvalue weighted by atomic mass is 16.1. The Bertz CT molecular complexity index is 1400. The van der Waals surface area contributed by atoms with E-state index < -0.39 is 0 Å². The first-order valence-corrected chi connectivity index (χ1v) is 9.75. The number of rotatable bonds is 8. The lowest BCUT2D eigenvalue weighted by atomic mass is 9.90. The van der Waals surface area contributed by atoms with Crippen LogP contribution < -0.4 is 0 Å². The second kappa shape index (κ2) is 11.0. The molecule has 0 aromatic heterocycles. The average molecular weight is 436 g/mol. The second-order valence-corrected chi connectivity index (χ2v) is 6.95. The highest BCUT2D eigenvalue weighted by Gasteiger charge is 2.15. The lowest BCUT2D eigenvalue weighted by Gasteiger charge is -2.15. The van der Waals surface area contributed by atoms with E-state index in [0.717, 1.165) is 16.7 Å². The number of carbonyl (C=O) groups excluding carboxylic acids is 4. The van der Waals surface area contributed by atoms with E-state index in [0.29, 0.717) is 24.0 Å². The van der Waals surface area contributed by atoms with Crippen LogP contribution in [0.5, 0.6) is 0 Å². The molecule has 0 amide bonds. The first kappa shape index (κ1) is 22.9. The van der Waals surface area contributed by atoms with E-state index in [1.807, 2.05) is 25.1 Å². The van der Waals surface area contributed by atoms with Gasteiger partial charge >= 0.3 is 0 Å². The Kier molecular flexibility index (Phi) is 7.61. The molecule has 8 nitrogen and oxygen atoms in total. The molecule has 0 N–H and O–H groups in total. The highest BCUT2D eigenvalue weighted by Crippen LogP contribution is 2.36. The van der Waals surface area contributed by atoms with Gasteiger partial charge in [0.05, 0.1) is 0 Å². The molecule has 160 valence electrons. The van der Waals surface area contributed by atoms with E-state index in [2.05, 4.69) is 20.0 Å². The van der Waals surface area contributed by atoms with Gasteiger partial charge in [-0.25, -0.2) is 19.2 Å². The van der Waals surface area contributed by atoms with Gasteiger partial charge in [0.15, 0.2) is 0 Å². The summed E-state index contributed by atoms with van der Waals surface area (Å²) in [7, 11) is 0. The molecule has 3 aromatic rings. The van der Waals surface area contributed by atoms with E-state index >= 15 is 0 Å². The molecule has 0 saturated heterocycles. The van der Waals surface area contributed by atoms with E-state index in [1.54, 1.807) is 36.4 Å². The summed E-state index contributed by atoms with van der Waals surface area (Å²) in [6, 6.07) is 15.9. The minimum atomic E-state index is 0.224. The number of aryl methyl sites for hydroxylation is 1. The summed E-state index contributed by atoms with van der Waals surface area (Å²) in [5, 5.41) is 0. The van der Waals surface area contributed by atoms with Crippen molar-refractivity contribution in [3.05, 3.63) is 82.4 Å². The number of benzene rings is 3. The molecule has 0 fully saturated rings. The molecule has 0 atom stereocenters. The Morgan fingerprint density at radius 2 is 1.03 bits per heavy atom. The van der Waals surface area contributed by atoms with Crippen molar-refractivity contribution in [1.29, 1.82) is 0 Å². The zero-order valence-electron chi connectivity index (χ0n) is 17.5. The van der Waals surface area contributed by atoms with Crippen LogP contribution in [0.4, 0.5) is 22.7 Å². The van der Waals surface area contributed by atoms with E-state index in [-0.39, 0.29) is 22.7 Å². The van der Waals surface area contributed by atoms with E-state index in [9.17, 15) is 19.2 Å². The Hall–Kier alpha value is -4.82. The third-order valence-electron chi connectivity index (χ3n) is 5.10. The number of hydrogen-bond acceptors (Lipinski definition) is 8. The van der Waals surface area contributed by atoms with Crippen LogP contribution in [0.1, 0.15) is 27.8 Å². The van der Waals surface area contributed by atoms with Crippen LogP contribution in [-0.4, -0.2) is 24.3 Å². The van der Waals surface area contributed by atoms with Crippen LogP contribution in [0, 0.1) is 6.92 Å². The summed E-state index contributed by atoms with van der Waals surface area (Å²) in [6.07, 6.45) is 6.74. The van der Waals surface area contributed by atoms with Gasteiger partial charge in [-0.1, -0.05) is 42.5 Å². The predicted octanol–water partition coefficient (Wildman–Crippen LogP) is 5.05. The Morgan fingerprint density at radius 3 is 1.55 bits per heavy atom. The molecular formula is C25H16N4O4. The summed E-state index contributed by atoms with van der Waals surface area (Å²) in [5.41, 5.74) is 5.16. The lowest BCUT2D eigenvalue weighted by molar-refractivity contribution is 0.564. The molecule has 0 bridgehead atoms. The average Bonchev–Trinajstić information content (AvgIpc) is 2.80. The third-order valence-corrected chi connectivity index (χ3v) is 5.10. The minimum Gasteiger partial charge on any atom is -0.211 e. The molecule has 0 radical (unpaired) electrons. The van der Waals surface area contributed by atoms with Crippen molar-refractivity contribution in [2.75, 3.05) is 0 Å².